The predicted molar refractivity (Wildman–Crippen MR) is 152 cm³/mol. The smallest absolute Gasteiger partial charge is 0.269 e. The van der Waals surface area contributed by atoms with E-state index in [1.165, 1.54) is 0 Å². The van der Waals surface area contributed by atoms with E-state index in [2.05, 4.69) is 24.1 Å². The van der Waals surface area contributed by atoms with Crippen molar-refractivity contribution >= 4 is 17.3 Å². The van der Waals surface area contributed by atoms with Crippen LogP contribution in [0.3, 0.4) is 0 Å². The summed E-state index contributed by atoms with van der Waals surface area (Å²) in [5, 5.41) is 14.9. The number of fused-ring (bicyclic) bond motifs is 8. The van der Waals surface area contributed by atoms with E-state index in [-0.39, 0.29) is 51.9 Å². The first-order valence-electron chi connectivity index (χ1n) is 13.9. The SMILES string of the molecule is COc1ccc(C(NC(=O)C2Cc3cc([N+](=O)[O-])ccc3N3CC4CC(Cn5c4cccc5=O)C23)C(C)C)cc1. The van der Waals surface area contributed by atoms with Crippen LogP contribution in [0.2, 0.25) is 0 Å². The Bertz CT molecular complexity index is 1510. The molecule has 5 atom stereocenters. The third kappa shape index (κ3) is 4.43. The fourth-order valence-corrected chi connectivity index (χ4v) is 7.16. The molecule has 3 aliphatic rings. The van der Waals surface area contributed by atoms with E-state index in [0.717, 1.165) is 34.7 Å². The molecule has 5 unspecified atom stereocenters. The zero-order valence-electron chi connectivity index (χ0n) is 22.9. The molecular formula is C31H34N4O5. The molecule has 9 nitrogen and oxygen atoms in total. The number of carbonyl (C=O) groups excluding carboxylic acids is 1. The van der Waals surface area contributed by atoms with E-state index in [1.807, 2.05) is 47.0 Å². The minimum atomic E-state index is -0.416. The van der Waals surface area contributed by atoms with Gasteiger partial charge in [0.25, 0.3) is 11.2 Å². The number of non-ortho nitro benzene ring substituents is 1. The van der Waals surface area contributed by atoms with Crippen LogP contribution >= 0.6 is 0 Å². The van der Waals surface area contributed by atoms with Crippen LogP contribution in [-0.4, -0.2) is 35.1 Å². The highest BCUT2D eigenvalue weighted by molar-refractivity contribution is 5.83. The van der Waals surface area contributed by atoms with Crippen LogP contribution in [0.4, 0.5) is 11.4 Å². The van der Waals surface area contributed by atoms with E-state index in [0.29, 0.717) is 19.5 Å². The van der Waals surface area contributed by atoms with Crippen molar-refractivity contribution in [1.82, 2.24) is 9.88 Å². The second kappa shape index (κ2) is 10.1. The number of methoxy groups -OCH3 is 1. The van der Waals surface area contributed by atoms with Crippen molar-refractivity contribution in [2.75, 3.05) is 18.6 Å². The Morgan fingerprint density at radius 3 is 2.58 bits per heavy atom. The van der Waals surface area contributed by atoms with E-state index in [4.69, 9.17) is 4.74 Å². The molecule has 0 aliphatic carbocycles. The van der Waals surface area contributed by atoms with Gasteiger partial charge in [-0.1, -0.05) is 32.0 Å². The van der Waals surface area contributed by atoms with Crippen molar-refractivity contribution < 1.29 is 14.5 Å². The van der Waals surface area contributed by atoms with E-state index in [9.17, 15) is 19.7 Å². The number of hydrogen-bond acceptors (Lipinski definition) is 6. The number of rotatable bonds is 6. The fraction of sp³-hybridized carbons (Fsp3) is 0.419. The number of benzene rings is 2. The van der Waals surface area contributed by atoms with Crippen LogP contribution < -0.4 is 20.5 Å². The van der Waals surface area contributed by atoms with Crippen LogP contribution in [0.1, 0.15) is 49.0 Å². The summed E-state index contributed by atoms with van der Waals surface area (Å²) in [6.45, 7) is 5.38. The number of nitro benzene ring substituents is 1. The first kappa shape index (κ1) is 26.1. The van der Waals surface area contributed by atoms with Crippen LogP contribution in [0.25, 0.3) is 0 Å². The number of pyridine rings is 1. The van der Waals surface area contributed by atoms with Gasteiger partial charge in [-0.2, -0.15) is 0 Å². The third-order valence-corrected chi connectivity index (χ3v) is 8.98. The van der Waals surface area contributed by atoms with Gasteiger partial charge in [-0.15, -0.1) is 0 Å². The lowest BCUT2D eigenvalue weighted by Gasteiger charge is -2.54. The Morgan fingerprint density at radius 2 is 1.88 bits per heavy atom. The molecule has 0 spiro atoms. The molecule has 1 saturated heterocycles. The Kier molecular flexibility index (Phi) is 6.60. The average Bonchev–Trinajstić information content (AvgIpc) is 2.95. The highest BCUT2D eigenvalue weighted by Gasteiger charge is 2.49. The number of carbonyl (C=O) groups is 1. The molecule has 1 amide bonds. The minimum absolute atomic E-state index is 0.00661. The lowest BCUT2D eigenvalue weighted by Crippen LogP contribution is -2.61. The normalized spacial score (nSPS) is 23.4. The second-order valence-corrected chi connectivity index (χ2v) is 11.6. The number of hydrogen-bond donors (Lipinski definition) is 1. The van der Waals surface area contributed by atoms with Gasteiger partial charge in [0.15, 0.2) is 0 Å². The fourth-order valence-electron chi connectivity index (χ4n) is 7.16. The summed E-state index contributed by atoms with van der Waals surface area (Å²) in [6, 6.07) is 17.9. The van der Waals surface area contributed by atoms with Gasteiger partial charge in [0.1, 0.15) is 5.75 Å². The standard InChI is InChI=1S/C31H34N4O5/c1-18(2)29(19-7-10-24(40-3)11-8-19)32-31(37)25-15-20-14-23(35(38)39)9-12-27(20)34-16-21-13-22(30(25)34)17-33-26(21)5-4-6-28(33)36/h4-12,14,18,21-22,25,29-30H,13,15-17H2,1-3H3,(H,32,37). The number of nitrogens with one attached hydrogen (secondary N) is 1. The maximum absolute atomic E-state index is 14.2. The van der Waals surface area contributed by atoms with Crippen molar-refractivity contribution in [3.05, 3.63) is 98.0 Å². The summed E-state index contributed by atoms with van der Waals surface area (Å²) < 4.78 is 7.19. The highest BCUT2D eigenvalue weighted by Crippen LogP contribution is 2.48. The number of piperidine rings is 1. The van der Waals surface area contributed by atoms with Crippen molar-refractivity contribution in [2.24, 2.45) is 17.8 Å². The monoisotopic (exact) mass is 542 g/mol. The maximum atomic E-state index is 14.2. The van der Waals surface area contributed by atoms with Crippen LogP contribution in [0.5, 0.6) is 5.75 Å². The average molecular weight is 543 g/mol. The molecule has 1 N–H and O–H groups in total. The van der Waals surface area contributed by atoms with Crippen molar-refractivity contribution in [3.8, 4) is 5.75 Å². The number of aromatic nitrogens is 1. The quantitative estimate of drug-likeness (QED) is 0.365. The summed E-state index contributed by atoms with van der Waals surface area (Å²) in [4.78, 5) is 40.5. The van der Waals surface area contributed by atoms with Crippen molar-refractivity contribution in [3.63, 3.8) is 0 Å². The predicted octanol–water partition coefficient (Wildman–Crippen LogP) is 4.44. The maximum Gasteiger partial charge on any atom is 0.269 e. The molecule has 2 aromatic carbocycles. The topological polar surface area (TPSA) is 107 Å². The molecule has 1 fully saturated rings. The van der Waals surface area contributed by atoms with Gasteiger partial charge in [-0.3, -0.25) is 19.7 Å². The van der Waals surface area contributed by atoms with Gasteiger partial charge >= 0.3 is 0 Å². The molecule has 3 aliphatic heterocycles. The van der Waals surface area contributed by atoms with Crippen LogP contribution in [-0.2, 0) is 17.8 Å². The molecule has 208 valence electrons. The van der Waals surface area contributed by atoms with E-state index in [1.54, 1.807) is 25.3 Å². The Hall–Kier alpha value is -4.14. The summed E-state index contributed by atoms with van der Waals surface area (Å²) in [5.41, 5.74) is 3.82. The summed E-state index contributed by atoms with van der Waals surface area (Å²) in [5.74, 6) is 0.664. The number of nitrogens with zero attached hydrogens (tertiary/aromatic N) is 3. The lowest BCUT2D eigenvalue weighted by atomic mass is 9.70. The van der Waals surface area contributed by atoms with E-state index < -0.39 is 5.92 Å². The Morgan fingerprint density at radius 1 is 1.10 bits per heavy atom. The zero-order valence-corrected chi connectivity index (χ0v) is 22.9. The number of nitro groups is 1. The van der Waals surface area contributed by atoms with Crippen molar-refractivity contribution in [1.29, 1.82) is 0 Å². The van der Waals surface area contributed by atoms with Crippen LogP contribution in [0, 0.1) is 27.9 Å². The Balaban J connectivity index is 1.38. The van der Waals surface area contributed by atoms with Gasteiger partial charge in [0, 0.05) is 54.6 Å². The number of ether oxygens (including phenoxy) is 1. The largest absolute Gasteiger partial charge is 0.497 e. The first-order valence-corrected chi connectivity index (χ1v) is 13.9. The number of amides is 1. The van der Waals surface area contributed by atoms with Crippen molar-refractivity contribution in [2.45, 2.75) is 51.2 Å². The van der Waals surface area contributed by atoms with Gasteiger partial charge in [0.2, 0.25) is 5.91 Å². The molecule has 6 rings (SSSR count). The molecule has 0 saturated carbocycles. The molecule has 3 aromatic rings. The molecule has 1 aromatic heterocycles. The Labute approximate surface area is 232 Å². The van der Waals surface area contributed by atoms with Gasteiger partial charge in [-0.25, -0.2) is 0 Å². The molecule has 4 heterocycles. The molecule has 40 heavy (non-hydrogen) atoms. The number of anilines is 1. The third-order valence-electron chi connectivity index (χ3n) is 8.98. The van der Waals surface area contributed by atoms with Crippen LogP contribution in [0.15, 0.2) is 65.5 Å². The molecule has 9 heteroatoms. The van der Waals surface area contributed by atoms with Gasteiger partial charge in [0.05, 0.1) is 24.0 Å². The molecule has 2 bridgehead atoms. The molecule has 0 radical (unpaired) electrons. The van der Waals surface area contributed by atoms with Gasteiger partial charge in [-0.05, 0) is 60.1 Å². The second-order valence-electron chi connectivity index (χ2n) is 11.6. The van der Waals surface area contributed by atoms with E-state index >= 15 is 0 Å². The van der Waals surface area contributed by atoms with Gasteiger partial charge < -0.3 is 19.5 Å². The first-order chi connectivity index (χ1) is 19.2. The minimum Gasteiger partial charge on any atom is -0.497 e. The summed E-state index contributed by atoms with van der Waals surface area (Å²) in [6.07, 6.45) is 1.32. The summed E-state index contributed by atoms with van der Waals surface area (Å²) in [7, 11) is 1.63. The lowest BCUT2D eigenvalue weighted by molar-refractivity contribution is -0.384. The summed E-state index contributed by atoms with van der Waals surface area (Å²) >= 11 is 0. The molecular weight excluding hydrogens is 508 g/mol. The zero-order chi connectivity index (χ0) is 28.1. The highest BCUT2D eigenvalue weighted by atomic mass is 16.6.